The molecule has 1 aliphatic heterocycles. The van der Waals surface area contributed by atoms with Crippen LogP contribution in [0, 0.1) is 0 Å². The first-order valence-corrected chi connectivity index (χ1v) is 5.84. The molecule has 7 nitrogen and oxygen atoms in total. The highest BCUT2D eigenvalue weighted by Crippen LogP contribution is 2.06. The summed E-state index contributed by atoms with van der Waals surface area (Å²) in [6, 6.07) is 0. The number of imide groups is 1. The van der Waals surface area contributed by atoms with Gasteiger partial charge in [0.25, 0.3) is 0 Å². The molecule has 0 radical (unpaired) electrons. The Labute approximate surface area is 106 Å². The van der Waals surface area contributed by atoms with Gasteiger partial charge in [-0.15, -0.1) is 0 Å². The highest BCUT2D eigenvalue weighted by molar-refractivity contribution is 5.99. The van der Waals surface area contributed by atoms with Gasteiger partial charge in [0, 0.05) is 0 Å². The minimum Gasteiger partial charge on any atom is -0.438 e. The molecule has 2 amide bonds. The van der Waals surface area contributed by atoms with Gasteiger partial charge in [0.2, 0.25) is 11.8 Å². The third-order valence-electron chi connectivity index (χ3n) is 2.63. The predicted molar refractivity (Wildman–Crippen MR) is 61.6 cm³/mol. The molecule has 18 heavy (non-hydrogen) atoms. The Morgan fingerprint density at radius 2 is 1.89 bits per heavy atom. The van der Waals surface area contributed by atoms with Crippen LogP contribution < -0.4 is 0 Å². The Bertz CT molecular complexity index is 313. The van der Waals surface area contributed by atoms with E-state index in [9.17, 15) is 14.4 Å². The molecule has 102 valence electrons. The number of hydrogen-bond acceptors (Lipinski definition) is 6. The fraction of sp³-hybridized carbons (Fsp3) is 0.727. The van der Waals surface area contributed by atoms with Crippen molar-refractivity contribution in [3.8, 4) is 0 Å². The molecule has 0 aromatic heterocycles. The summed E-state index contributed by atoms with van der Waals surface area (Å²) in [6.07, 6.45) is 1.04. The lowest BCUT2D eigenvalue weighted by molar-refractivity contribution is -0.156. The molecule has 0 atom stereocenters. The number of carbonyl (C=O) groups excluding carboxylic acids is 3. The standard InChI is InChI=1S/C11H18N2O5/c1-3-4-5-12-6-9(14)13(10(15)7-12)8-18-11(16)17-2/h3-8H2,1-2H3. The molecule has 0 bridgehead atoms. The maximum atomic E-state index is 11.7. The largest absolute Gasteiger partial charge is 0.509 e. The van der Waals surface area contributed by atoms with Gasteiger partial charge >= 0.3 is 6.16 Å². The maximum Gasteiger partial charge on any atom is 0.509 e. The average Bonchev–Trinajstić information content (AvgIpc) is 2.34. The summed E-state index contributed by atoms with van der Waals surface area (Å²) < 4.78 is 8.86. The smallest absolute Gasteiger partial charge is 0.438 e. The van der Waals surface area contributed by atoms with E-state index in [1.807, 2.05) is 6.92 Å². The first kappa shape index (κ1) is 14.4. The van der Waals surface area contributed by atoms with E-state index in [0.717, 1.165) is 31.4 Å². The first-order valence-electron chi connectivity index (χ1n) is 5.84. The monoisotopic (exact) mass is 258 g/mol. The zero-order valence-electron chi connectivity index (χ0n) is 10.7. The van der Waals surface area contributed by atoms with Crippen LogP contribution in [-0.4, -0.2) is 61.2 Å². The molecule has 0 unspecified atom stereocenters. The Balaban J connectivity index is 2.45. The molecule has 1 rings (SSSR count). The fourth-order valence-electron chi connectivity index (χ4n) is 1.61. The Morgan fingerprint density at radius 1 is 1.28 bits per heavy atom. The highest BCUT2D eigenvalue weighted by atomic mass is 16.7. The van der Waals surface area contributed by atoms with E-state index < -0.39 is 6.16 Å². The van der Waals surface area contributed by atoms with Crippen LogP contribution in [0.25, 0.3) is 0 Å². The van der Waals surface area contributed by atoms with E-state index in [2.05, 4.69) is 9.47 Å². The Kier molecular flexibility index (Phi) is 5.57. The van der Waals surface area contributed by atoms with Crippen molar-refractivity contribution >= 4 is 18.0 Å². The molecule has 1 heterocycles. The summed E-state index contributed by atoms with van der Waals surface area (Å²) in [4.78, 5) is 36.9. The van der Waals surface area contributed by atoms with Crippen LogP contribution in [0.3, 0.4) is 0 Å². The van der Waals surface area contributed by atoms with Gasteiger partial charge in [-0.25, -0.2) is 9.69 Å². The molecular weight excluding hydrogens is 240 g/mol. The number of ether oxygens (including phenoxy) is 2. The SMILES string of the molecule is CCCCN1CC(=O)N(COC(=O)OC)C(=O)C1. The van der Waals surface area contributed by atoms with E-state index in [-0.39, 0.29) is 31.6 Å². The molecule has 0 spiro atoms. The number of nitrogens with zero attached hydrogens (tertiary/aromatic N) is 2. The van der Waals surface area contributed by atoms with E-state index in [1.54, 1.807) is 4.90 Å². The molecule has 1 fully saturated rings. The Morgan fingerprint density at radius 3 is 2.39 bits per heavy atom. The van der Waals surface area contributed by atoms with Crippen molar-refractivity contribution in [3.05, 3.63) is 0 Å². The van der Waals surface area contributed by atoms with E-state index in [1.165, 1.54) is 0 Å². The zero-order valence-corrected chi connectivity index (χ0v) is 10.7. The molecule has 0 saturated carbocycles. The molecule has 1 saturated heterocycles. The van der Waals surface area contributed by atoms with Crippen molar-refractivity contribution in [1.29, 1.82) is 0 Å². The lowest BCUT2D eigenvalue weighted by Crippen LogP contribution is -2.54. The minimum absolute atomic E-state index is 0.177. The maximum absolute atomic E-state index is 11.7. The third kappa shape index (κ3) is 3.99. The summed E-state index contributed by atoms with van der Waals surface area (Å²) in [7, 11) is 1.16. The topological polar surface area (TPSA) is 76.2 Å². The second-order valence-electron chi connectivity index (χ2n) is 4.01. The number of methoxy groups -OCH3 is 1. The van der Waals surface area contributed by atoms with Gasteiger partial charge in [-0.3, -0.25) is 14.5 Å². The lowest BCUT2D eigenvalue weighted by Gasteiger charge is -2.31. The van der Waals surface area contributed by atoms with Crippen LogP contribution in [0.2, 0.25) is 0 Å². The van der Waals surface area contributed by atoms with Crippen molar-refractivity contribution in [2.45, 2.75) is 19.8 Å². The van der Waals surface area contributed by atoms with Gasteiger partial charge in [0.15, 0.2) is 6.73 Å². The van der Waals surface area contributed by atoms with Gasteiger partial charge in [-0.1, -0.05) is 13.3 Å². The van der Waals surface area contributed by atoms with Crippen LogP contribution in [0.5, 0.6) is 0 Å². The molecular formula is C11H18N2O5. The fourth-order valence-corrected chi connectivity index (χ4v) is 1.61. The van der Waals surface area contributed by atoms with Crippen molar-refractivity contribution in [2.75, 3.05) is 33.5 Å². The summed E-state index contributed by atoms with van der Waals surface area (Å²) in [5.74, 6) is -0.711. The lowest BCUT2D eigenvalue weighted by atomic mass is 10.2. The summed E-state index contributed by atoms with van der Waals surface area (Å²) >= 11 is 0. The Hall–Kier alpha value is -1.63. The second-order valence-corrected chi connectivity index (χ2v) is 4.01. The van der Waals surface area contributed by atoms with E-state index in [4.69, 9.17) is 0 Å². The zero-order chi connectivity index (χ0) is 13.5. The van der Waals surface area contributed by atoms with Crippen molar-refractivity contribution in [2.24, 2.45) is 0 Å². The van der Waals surface area contributed by atoms with E-state index >= 15 is 0 Å². The van der Waals surface area contributed by atoms with Crippen molar-refractivity contribution < 1.29 is 23.9 Å². The molecule has 0 N–H and O–H groups in total. The number of carbonyl (C=O) groups is 3. The van der Waals surface area contributed by atoms with Crippen LogP contribution in [0.4, 0.5) is 4.79 Å². The number of piperazine rings is 1. The highest BCUT2D eigenvalue weighted by Gasteiger charge is 2.31. The predicted octanol–water partition coefficient (Wildman–Crippen LogP) is 0.198. The van der Waals surface area contributed by atoms with Gasteiger partial charge in [-0.05, 0) is 13.0 Å². The summed E-state index contributed by atoms with van der Waals surface area (Å²) in [5.41, 5.74) is 0. The average molecular weight is 258 g/mol. The number of amides is 2. The quantitative estimate of drug-likeness (QED) is 0.518. The van der Waals surface area contributed by atoms with E-state index in [0.29, 0.717) is 0 Å². The normalized spacial score (nSPS) is 16.9. The van der Waals surface area contributed by atoms with Crippen LogP contribution in [0.15, 0.2) is 0 Å². The second kappa shape index (κ2) is 6.95. The summed E-state index contributed by atoms with van der Waals surface area (Å²) in [5, 5.41) is 0. The molecule has 1 aliphatic rings. The van der Waals surface area contributed by atoms with Crippen molar-refractivity contribution in [3.63, 3.8) is 0 Å². The van der Waals surface area contributed by atoms with Gasteiger partial charge in [0.1, 0.15) is 0 Å². The van der Waals surface area contributed by atoms with Gasteiger partial charge in [0.05, 0.1) is 20.2 Å². The number of rotatable bonds is 5. The minimum atomic E-state index is -0.913. The third-order valence-corrected chi connectivity index (χ3v) is 2.63. The van der Waals surface area contributed by atoms with Crippen LogP contribution in [-0.2, 0) is 19.1 Å². The molecule has 0 aliphatic carbocycles. The molecule has 0 aromatic carbocycles. The van der Waals surface area contributed by atoms with Crippen LogP contribution in [0.1, 0.15) is 19.8 Å². The van der Waals surface area contributed by atoms with Crippen LogP contribution >= 0.6 is 0 Å². The van der Waals surface area contributed by atoms with Gasteiger partial charge in [-0.2, -0.15) is 0 Å². The summed E-state index contributed by atoms with van der Waals surface area (Å²) in [6.45, 7) is 2.74. The van der Waals surface area contributed by atoms with Crippen molar-refractivity contribution in [1.82, 2.24) is 9.80 Å². The first-order chi connectivity index (χ1) is 8.58. The van der Waals surface area contributed by atoms with Gasteiger partial charge < -0.3 is 9.47 Å². The molecule has 0 aromatic rings. The number of hydrogen-bond donors (Lipinski definition) is 0. The number of unbranched alkanes of at least 4 members (excludes halogenated alkanes) is 1. The molecule has 7 heteroatoms.